The number of furan rings is 1. The van der Waals surface area contributed by atoms with Gasteiger partial charge in [0.15, 0.2) is 11.5 Å². The topological polar surface area (TPSA) is 87.4 Å². The lowest BCUT2D eigenvalue weighted by Crippen LogP contribution is -2.15. The molecule has 0 saturated heterocycles. The van der Waals surface area contributed by atoms with E-state index in [9.17, 15) is 9.59 Å². The molecular weight excluding hydrogens is 486 g/mol. The highest BCUT2D eigenvalue weighted by Gasteiger charge is 2.27. The average molecular weight is 514 g/mol. The van der Waals surface area contributed by atoms with Crippen LogP contribution in [0.2, 0.25) is 0 Å². The molecule has 2 heterocycles. The first-order valence-corrected chi connectivity index (χ1v) is 12.2. The van der Waals surface area contributed by atoms with Crippen molar-refractivity contribution in [2.24, 2.45) is 0 Å². The summed E-state index contributed by atoms with van der Waals surface area (Å²) in [5.41, 5.74) is 2.96. The number of hydrogen-bond acceptors (Lipinski definition) is 8. The highest BCUT2D eigenvalue weighted by atomic mass is 16.7. The van der Waals surface area contributed by atoms with Crippen LogP contribution in [0.25, 0.3) is 28.4 Å². The molecule has 0 saturated carbocycles. The van der Waals surface area contributed by atoms with Gasteiger partial charge in [-0.3, -0.25) is 0 Å². The Hall–Kier alpha value is -4.56. The second-order valence-corrected chi connectivity index (χ2v) is 8.91. The Balaban J connectivity index is 1.54. The van der Waals surface area contributed by atoms with Gasteiger partial charge in [-0.15, -0.1) is 0 Å². The second-order valence-electron chi connectivity index (χ2n) is 8.91. The van der Waals surface area contributed by atoms with Gasteiger partial charge in [0.05, 0.1) is 6.61 Å². The van der Waals surface area contributed by atoms with Gasteiger partial charge >= 0.3 is 11.9 Å². The van der Waals surface area contributed by atoms with Gasteiger partial charge in [0.25, 0.3) is 0 Å². The summed E-state index contributed by atoms with van der Waals surface area (Å²) in [6.45, 7) is 2.53. The van der Waals surface area contributed by atoms with E-state index < -0.39 is 11.9 Å². The molecule has 1 aliphatic rings. The predicted molar refractivity (Wildman–Crippen MR) is 142 cm³/mol. The lowest BCUT2D eigenvalue weighted by atomic mass is 10.0. The lowest BCUT2D eigenvalue weighted by Gasteiger charge is -2.15. The zero-order valence-electron chi connectivity index (χ0n) is 21.4. The van der Waals surface area contributed by atoms with E-state index in [1.54, 1.807) is 37.3 Å². The highest BCUT2D eigenvalue weighted by Crippen LogP contribution is 2.40. The molecule has 0 fully saturated rings. The predicted octanol–water partition coefficient (Wildman–Crippen LogP) is 5.69. The first-order valence-electron chi connectivity index (χ1n) is 12.2. The van der Waals surface area contributed by atoms with Crippen LogP contribution < -0.4 is 14.2 Å². The van der Waals surface area contributed by atoms with Crippen molar-refractivity contribution in [3.05, 3.63) is 83.4 Å². The van der Waals surface area contributed by atoms with E-state index >= 15 is 0 Å². The molecule has 194 valence electrons. The largest absolute Gasteiger partial charge is 0.462 e. The lowest BCUT2D eigenvalue weighted by molar-refractivity contribution is -0.128. The van der Waals surface area contributed by atoms with Crippen molar-refractivity contribution in [2.45, 2.75) is 13.5 Å². The van der Waals surface area contributed by atoms with Crippen LogP contribution in [-0.4, -0.2) is 44.3 Å². The van der Waals surface area contributed by atoms with E-state index in [2.05, 4.69) is 0 Å². The summed E-state index contributed by atoms with van der Waals surface area (Å²) in [6.07, 6.45) is 2.99. The van der Waals surface area contributed by atoms with Crippen LogP contribution in [0.15, 0.2) is 71.2 Å². The van der Waals surface area contributed by atoms with E-state index in [-0.39, 0.29) is 13.4 Å². The van der Waals surface area contributed by atoms with Crippen molar-refractivity contribution in [2.75, 3.05) is 27.5 Å². The molecule has 5 rings (SSSR count). The number of benzene rings is 3. The Kier molecular flexibility index (Phi) is 7.15. The molecule has 0 spiro atoms. The third-order valence-electron chi connectivity index (χ3n) is 5.93. The number of rotatable bonds is 8. The van der Waals surface area contributed by atoms with Crippen molar-refractivity contribution in [3.8, 4) is 28.6 Å². The molecule has 3 aromatic carbocycles. The molecule has 8 heteroatoms. The number of ether oxygens (including phenoxy) is 4. The quantitative estimate of drug-likeness (QED) is 0.169. The first-order chi connectivity index (χ1) is 18.4. The monoisotopic (exact) mass is 513 g/mol. The van der Waals surface area contributed by atoms with Gasteiger partial charge in [0, 0.05) is 29.1 Å². The summed E-state index contributed by atoms with van der Waals surface area (Å²) >= 11 is 0. The molecule has 0 radical (unpaired) electrons. The van der Waals surface area contributed by atoms with Gasteiger partial charge in [0.2, 0.25) is 6.79 Å². The molecule has 0 bridgehead atoms. The van der Waals surface area contributed by atoms with Crippen LogP contribution in [0.5, 0.6) is 17.2 Å². The molecule has 0 atom stereocenters. The summed E-state index contributed by atoms with van der Waals surface area (Å²) in [5, 5.41) is 0.557. The minimum atomic E-state index is -0.563. The highest BCUT2D eigenvalue weighted by molar-refractivity contribution is 6.10. The van der Waals surface area contributed by atoms with E-state index in [0.29, 0.717) is 51.6 Å². The Labute approximate surface area is 220 Å². The van der Waals surface area contributed by atoms with Crippen LogP contribution in [0.3, 0.4) is 0 Å². The number of carbonyl (C=O) groups is 2. The fraction of sp³-hybridized carbons (Fsp3) is 0.200. The van der Waals surface area contributed by atoms with E-state index in [1.165, 1.54) is 6.08 Å². The van der Waals surface area contributed by atoms with Crippen LogP contribution in [0, 0.1) is 0 Å². The fourth-order valence-electron chi connectivity index (χ4n) is 4.32. The van der Waals surface area contributed by atoms with Crippen molar-refractivity contribution >= 4 is 29.0 Å². The van der Waals surface area contributed by atoms with Crippen LogP contribution in [-0.2, 0) is 16.1 Å². The summed E-state index contributed by atoms with van der Waals surface area (Å²) in [6, 6.07) is 18.2. The molecule has 1 aliphatic heterocycles. The smallest absolute Gasteiger partial charge is 0.342 e. The molecule has 0 aliphatic carbocycles. The first kappa shape index (κ1) is 25.1. The van der Waals surface area contributed by atoms with Gasteiger partial charge in [-0.25, -0.2) is 9.59 Å². The van der Waals surface area contributed by atoms with Gasteiger partial charge in [-0.05, 0) is 56.9 Å². The van der Waals surface area contributed by atoms with E-state index in [0.717, 1.165) is 11.1 Å². The van der Waals surface area contributed by atoms with Crippen LogP contribution in [0.1, 0.15) is 28.4 Å². The molecule has 0 amide bonds. The summed E-state index contributed by atoms with van der Waals surface area (Å²) < 4.78 is 28.1. The zero-order chi connectivity index (χ0) is 26.6. The van der Waals surface area contributed by atoms with Gasteiger partial charge in [-0.2, -0.15) is 0 Å². The number of carbonyl (C=O) groups excluding carboxylic acids is 2. The maximum atomic E-state index is 13.2. The Morgan fingerprint density at radius 2 is 1.79 bits per heavy atom. The summed E-state index contributed by atoms with van der Waals surface area (Å²) in [5.74, 6) is 0.962. The second kappa shape index (κ2) is 10.8. The maximum Gasteiger partial charge on any atom is 0.342 e. The molecule has 4 aromatic rings. The van der Waals surface area contributed by atoms with Crippen molar-refractivity contribution in [3.63, 3.8) is 0 Å². The Morgan fingerprint density at radius 1 is 1.00 bits per heavy atom. The van der Waals surface area contributed by atoms with E-state index in [4.69, 9.17) is 23.4 Å². The normalized spacial score (nSPS) is 12.4. The van der Waals surface area contributed by atoms with Crippen molar-refractivity contribution in [1.29, 1.82) is 0 Å². The van der Waals surface area contributed by atoms with E-state index in [1.807, 2.05) is 55.4 Å². The third-order valence-corrected chi connectivity index (χ3v) is 5.93. The van der Waals surface area contributed by atoms with Gasteiger partial charge in [0.1, 0.15) is 22.7 Å². The van der Waals surface area contributed by atoms with Crippen LogP contribution in [0.4, 0.5) is 0 Å². The summed E-state index contributed by atoms with van der Waals surface area (Å²) in [7, 11) is 3.79. The number of nitrogens with zero attached hydrogens (tertiary/aromatic N) is 1. The number of hydrogen-bond donors (Lipinski definition) is 0. The SMILES string of the molecule is CCOC(=O)c1c(-c2ccccc2)oc2ccc(OC(=O)/C=C/c3ccc4c(c3)OCO4)c(CN(C)C)c12. The Morgan fingerprint density at radius 3 is 2.55 bits per heavy atom. The summed E-state index contributed by atoms with van der Waals surface area (Å²) in [4.78, 5) is 28.0. The average Bonchev–Trinajstić information content (AvgIpc) is 3.54. The number of fused-ring (bicyclic) bond motifs is 2. The Bertz CT molecular complexity index is 1520. The zero-order valence-corrected chi connectivity index (χ0v) is 21.4. The van der Waals surface area contributed by atoms with Gasteiger partial charge in [-0.1, -0.05) is 36.4 Å². The molecule has 8 nitrogen and oxygen atoms in total. The maximum absolute atomic E-state index is 13.2. The number of esters is 2. The van der Waals surface area contributed by atoms with Crippen molar-refractivity contribution < 1.29 is 33.0 Å². The molecule has 0 unspecified atom stereocenters. The minimum absolute atomic E-state index is 0.176. The van der Waals surface area contributed by atoms with Crippen molar-refractivity contribution in [1.82, 2.24) is 4.90 Å². The minimum Gasteiger partial charge on any atom is -0.462 e. The molecule has 38 heavy (non-hydrogen) atoms. The molecular formula is C30H27NO7. The van der Waals surface area contributed by atoms with Gasteiger partial charge < -0.3 is 28.3 Å². The molecule has 1 aromatic heterocycles. The third kappa shape index (κ3) is 5.12. The van der Waals surface area contributed by atoms with Crippen LogP contribution >= 0.6 is 0 Å². The molecule has 0 N–H and O–H groups in total. The fourth-order valence-corrected chi connectivity index (χ4v) is 4.32. The standard InChI is InChI=1S/C30H27NO7/c1-4-34-30(33)28-27-21(17-31(2)3)22(13-14-24(27)38-29(28)20-8-6-5-7-9-20)37-26(32)15-11-19-10-12-23-25(16-19)36-18-35-23/h5-16H,4,17-18H2,1-3H3/b15-11+.